The minimum Gasteiger partial charge on any atom is -0.493 e. The number of esters is 2. The first-order chi connectivity index (χ1) is 20.2. The third kappa shape index (κ3) is 12.2. The van der Waals surface area contributed by atoms with Crippen molar-refractivity contribution in [1.29, 1.82) is 0 Å². The van der Waals surface area contributed by atoms with E-state index in [1.165, 1.54) is 19.4 Å². The van der Waals surface area contributed by atoms with Crippen LogP contribution >= 0.6 is 0 Å². The molecule has 1 aromatic heterocycles. The third-order valence-corrected chi connectivity index (χ3v) is 6.44. The summed E-state index contributed by atoms with van der Waals surface area (Å²) in [4.78, 5) is 42.4. The Bertz CT molecular complexity index is 1050. The molecule has 4 atom stereocenters. The van der Waals surface area contributed by atoms with Crippen molar-refractivity contribution in [1.82, 2.24) is 10.3 Å². The van der Waals surface area contributed by atoms with E-state index in [4.69, 9.17) is 28.4 Å². The number of halogens is 3. The van der Waals surface area contributed by atoms with Crippen LogP contribution in [0.5, 0.6) is 11.5 Å². The molecule has 1 aliphatic heterocycles. The van der Waals surface area contributed by atoms with Crippen LogP contribution in [0.1, 0.15) is 77.2 Å². The molecule has 0 aromatic carbocycles. The van der Waals surface area contributed by atoms with Gasteiger partial charge in [0.05, 0.1) is 19.1 Å². The van der Waals surface area contributed by atoms with Gasteiger partial charge in [-0.3, -0.25) is 9.59 Å². The van der Waals surface area contributed by atoms with E-state index < -0.39 is 61.6 Å². The van der Waals surface area contributed by atoms with Crippen molar-refractivity contribution in [2.45, 2.75) is 97.3 Å². The number of rotatable bonds is 14. The number of alkyl halides is 3. The van der Waals surface area contributed by atoms with Gasteiger partial charge in [-0.1, -0.05) is 27.7 Å². The number of aromatic nitrogens is 1. The Morgan fingerprint density at radius 3 is 2.51 bits per heavy atom. The first kappa shape index (κ1) is 36.1. The fraction of sp³-hybridized carbons (Fsp3) is 0.724. The molecule has 1 aromatic rings. The average molecular weight is 621 g/mol. The maximum atomic E-state index is 13.3. The van der Waals surface area contributed by atoms with Gasteiger partial charge in [-0.05, 0) is 38.5 Å². The molecule has 1 N–H and O–H groups in total. The Kier molecular flexibility index (Phi) is 14.5. The third-order valence-electron chi connectivity index (χ3n) is 6.44. The van der Waals surface area contributed by atoms with E-state index >= 15 is 0 Å². The lowest BCUT2D eigenvalue weighted by Gasteiger charge is -2.31. The van der Waals surface area contributed by atoms with Gasteiger partial charge in [0.15, 0.2) is 17.2 Å². The predicted molar refractivity (Wildman–Crippen MR) is 147 cm³/mol. The summed E-state index contributed by atoms with van der Waals surface area (Å²) < 4.78 is 71.3. The number of cyclic esters (lactones) is 1. The molecule has 244 valence electrons. The molecule has 1 saturated heterocycles. The fourth-order valence-corrected chi connectivity index (χ4v) is 4.23. The van der Waals surface area contributed by atoms with E-state index in [1.807, 2.05) is 13.8 Å². The number of nitrogens with one attached hydrogen (secondary N) is 1. The Balaban J connectivity index is 2.18. The summed E-state index contributed by atoms with van der Waals surface area (Å²) in [5.41, 5.74) is -0.204. The van der Waals surface area contributed by atoms with Crippen LogP contribution in [0.3, 0.4) is 0 Å². The molecule has 0 aliphatic carbocycles. The predicted octanol–water partition coefficient (Wildman–Crippen LogP) is 4.61. The zero-order valence-electron chi connectivity index (χ0n) is 25.5. The van der Waals surface area contributed by atoms with Crippen LogP contribution in [-0.4, -0.2) is 80.5 Å². The van der Waals surface area contributed by atoms with E-state index in [1.54, 1.807) is 20.8 Å². The number of carbonyl (C=O) groups is 3. The molecular weight excluding hydrogens is 577 g/mol. The average Bonchev–Trinajstić information content (AvgIpc) is 2.97. The quantitative estimate of drug-likeness (QED) is 0.179. The second-order valence-electron chi connectivity index (χ2n) is 11.0. The number of carbonyl (C=O) groups excluding carboxylic acids is 3. The minimum atomic E-state index is -4.31. The lowest BCUT2D eigenvalue weighted by atomic mass is 10.0. The molecule has 2 heterocycles. The van der Waals surface area contributed by atoms with Gasteiger partial charge < -0.3 is 33.7 Å². The fourth-order valence-electron chi connectivity index (χ4n) is 4.23. The van der Waals surface area contributed by atoms with Crippen LogP contribution < -0.4 is 14.8 Å². The molecule has 1 fully saturated rings. The summed E-state index contributed by atoms with van der Waals surface area (Å²) in [5, 5.41) is 2.63. The number of methoxy groups -OCH3 is 1. The number of amides is 1. The van der Waals surface area contributed by atoms with Crippen molar-refractivity contribution in [3.63, 3.8) is 0 Å². The molecule has 1 amide bonds. The standard InChI is InChI=1S/C29H43F3N2O9/c1-17(2)15-40-22-10-7-9-20(28(37)43-19(5)24(22)39-14-8-12-29(30,31)32)34-26(35)23-25(21(38-6)11-13-33-23)41-16-42-27(36)18(3)4/h11,13,17-20,22,24H,7-10,12,14-16H2,1-6H3,(H,34,35)/t19-,20-,22-,24-/m0/s1. The van der Waals surface area contributed by atoms with Crippen molar-refractivity contribution in [3.8, 4) is 11.5 Å². The lowest BCUT2D eigenvalue weighted by molar-refractivity contribution is -0.171. The molecule has 0 unspecified atom stereocenters. The molecule has 0 radical (unpaired) electrons. The number of hydrogen-bond donors (Lipinski definition) is 1. The maximum Gasteiger partial charge on any atom is 0.389 e. The Morgan fingerprint density at radius 1 is 1.16 bits per heavy atom. The molecular formula is C29H43F3N2O9. The number of ether oxygens (including phenoxy) is 6. The van der Waals surface area contributed by atoms with Gasteiger partial charge >= 0.3 is 18.1 Å². The van der Waals surface area contributed by atoms with E-state index in [0.29, 0.717) is 19.4 Å². The van der Waals surface area contributed by atoms with Crippen LogP contribution in [0.4, 0.5) is 13.2 Å². The molecule has 14 heteroatoms. The zero-order valence-corrected chi connectivity index (χ0v) is 25.5. The first-order valence-electron chi connectivity index (χ1n) is 14.4. The zero-order chi connectivity index (χ0) is 32.2. The van der Waals surface area contributed by atoms with Crippen LogP contribution in [0.25, 0.3) is 0 Å². The van der Waals surface area contributed by atoms with Crippen molar-refractivity contribution < 1.29 is 56.0 Å². The monoisotopic (exact) mass is 620 g/mol. The number of hydrogen-bond acceptors (Lipinski definition) is 10. The smallest absolute Gasteiger partial charge is 0.389 e. The SMILES string of the molecule is COc1ccnc(C(=O)N[C@H]2CCC[C@H](OCC(C)C)[C@@H](OCCCC(F)(F)F)[C@H](C)OC2=O)c1OCOC(=O)C(C)C. The van der Waals surface area contributed by atoms with E-state index in [0.717, 1.165) is 0 Å². The van der Waals surface area contributed by atoms with Gasteiger partial charge in [-0.2, -0.15) is 13.2 Å². The second-order valence-corrected chi connectivity index (χ2v) is 11.0. The van der Waals surface area contributed by atoms with Crippen LogP contribution in [0.15, 0.2) is 12.3 Å². The van der Waals surface area contributed by atoms with Crippen LogP contribution in [0, 0.1) is 11.8 Å². The van der Waals surface area contributed by atoms with Crippen LogP contribution in [0.2, 0.25) is 0 Å². The van der Waals surface area contributed by atoms with Gasteiger partial charge in [0.2, 0.25) is 6.79 Å². The molecule has 11 nitrogen and oxygen atoms in total. The summed E-state index contributed by atoms with van der Waals surface area (Å²) in [6, 6.07) is 0.377. The van der Waals surface area contributed by atoms with Crippen molar-refractivity contribution in [2.24, 2.45) is 11.8 Å². The van der Waals surface area contributed by atoms with Gasteiger partial charge in [0, 0.05) is 31.9 Å². The number of nitrogens with zero attached hydrogens (tertiary/aromatic N) is 1. The highest BCUT2D eigenvalue weighted by molar-refractivity contribution is 5.98. The van der Waals surface area contributed by atoms with Gasteiger partial charge in [-0.25, -0.2) is 9.78 Å². The highest BCUT2D eigenvalue weighted by Crippen LogP contribution is 2.30. The minimum absolute atomic E-state index is 0.0849. The largest absolute Gasteiger partial charge is 0.493 e. The van der Waals surface area contributed by atoms with Crippen molar-refractivity contribution >= 4 is 17.8 Å². The summed E-state index contributed by atoms with van der Waals surface area (Å²) in [6.07, 6.45) is -5.44. The van der Waals surface area contributed by atoms with Crippen molar-refractivity contribution in [2.75, 3.05) is 27.1 Å². The van der Waals surface area contributed by atoms with Gasteiger partial charge in [-0.15, -0.1) is 0 Å². The Labute approximate surface area is 250 Å². The summed E-state index contributed by atoms with van der Waals surface area (Å²) in [5.74, 6) is -2.14. The highest BCUT2D eigenvalue weighted by atomic mass is 19.4. The van der Waals surface area contributed by atoms with Gasteiger partial charge in [0.1, 0.15) is 18.2 Å². The molecule has 1 aliphatic rings. The topological polar surface area (TPSA) is 132 Å². The Hall–Kier alpha value is -3.13. The molecule has 2 rings (SSSR count). The second kappa shape index (κ2) is 17.2. The van der Waals surface area contributed by atoms with Gasteiger partial charge in [0.25, 0.3) is 5.91 Å². The highest BCUT2D eigenvalue weighted by Gasteiger charge is 2.36. The lowest BCUT2D eigenvalue weighted by Crippen LogP contribution is -2.46. The van der Waals surface area contributed by atoms with E-state index in [-0.39, 0.29) is 48.5 Å². The maximum absolute atomic E-state index is 13.3. The molecule has 0 spiro atoms. The Morgan fingerprint density at radius 2 is 1.88 bits per heavy atom. The van der Waals surface area contributed by atoms with E-state index in [2.05, 4.69) is 10.3 Å². The molecule has 0 saturated carbocycles. The van der Waals surface area contributed by atoms with E-state index in [9.17, 15) is 27.6 Å². The summed E-state index contributed by atoms with van der Waals surface area (Å²) >= 11 is 0. The molecule has 0 bridgehead atoms. The summed E-state index contributed by atoms with van der Waals surface area (Å²) in [7, 11) is 1.36. The van der Waals surface area contributed by atoms with Crippen molar-refractivity contribution in [3.05, 3.63) is 18.0 Å². The summed E-state index contributed by atoms with van der Waals surface area (Å²) in [6.45, 7) is 8.51. The molecule has 43 heavy (non-hydrogen) atoms. The van der Waals surface area contributed by atoms with Crippen LogP contribution in [-0.2, 0) is 28.5 Å². The normalized spacial score (nSPS) is 21.4. The number of pyridine rings is 1. The first-order valence-corrected chi connectivity index (χ1v) is 14.4.